The number of hydrogen-bond donors (Lipinski definition) is 1. The van der Waals surface area contributed by atoms with Crippen molar-refractivity contribution in [1.29, 1.82) is 0 Å². The first-order valence-corrected chi connectivity index (χ1v) is 9.46. The monoisotopic (exact) mass is 333 g/mol. The normalized spacial score (nSPS) is 21.1. The van der Waals surface area contributed by atoms with E-state index >= 15 is 0 Å². The van der Waals surface area contributed by atoms with Crippen LogP contribution in [0.15, 0.2) is 11.4 Å². The summed E-state index contributed by atoms with van der Waals surface area (Å²) in [5, 5.41) is 6.54. The number of fused-ring (bicyclic) bond motifs is 1. The molecule has 0 saturated carbocycles. The van der Waals surface area contributed by atoms with Gasteiger partial charge in [0.15, 0.2) is 0 Å². The Morgan fingerprint density at radius 2 is 2.41 bits per heavy atom. The average molecular weight is 333 g/mol. The van der Waals surface area contributed by atoms with E-state index in [4.69, 9.17) is 0 Å². The zero-order valence-corrected chi connectivity index (χ0v) is 14.2. The Kier molecular flexibility index (Phi) is 3.76. The number of nitrogens with one attached hydrogen (secondary N) is 1. The fraction of sp³-hybridized carbons (Fsp3) is 0.500. The molecule has 2 aliphatic rings. The Labute approximate surface area is 138 Å². The molecular formula is C16H19N3OS2. The van der Waals surface area contributed by atoms with Gasteiger partial charge in [-0.2, -0.15) is 0 Å². The van der Waals surface area contributed by atoms with Gasteiger partial charge in [0.05, 0.1) is 21.6 Å². The molecule has 0 radical (unpaired) electrons. The van der Waals surface area contributed by atoms with Gasteiger partial charge in [0, 0.05) is 23.3 Å². The maximum absolute atomic E-state index is 12.5. The molecule has 1 atom stereocenters. The first-order chi connectivity index (χ1) is 10.7. The van der Waals surface area contributed by atoms with Crippen LogP contribution in [0.4, 0.5) is 0 Å². The third-order valence-corrected chi connectivity index (χ3v) is 6.44. The topological polar surface area (TPSA) is 45.2 Å². The van der Waals surface area contributed by atoms with Crippen molar-refractivity contribution in [2.45, 2.75) is 38.8 Å². The third kappa shape index (κ3) is 2.59. The zero-order valence-electron chi connectivity index (χ0n) is 12.6. The molecule has 6 heteroatoms. The van der Waals surface area contributed by atoms with E-state index in [0.717, 1.165) is 49.6 Å². The number of rotatable bonds is 2. The Balaban J connectivity index is 1.53. The molecule has 1 N–H and O–H groups in total. The molecule has 2 aliphatic heterocycles. The molecule has 0 aromatic carbocycles. The lowest BCUT2D eigenvalue weighted by molar-refractivity contribution is -0.134. The van der Waals surface area contributed by atoms with E-state index in [1.54, 1.807) is 11.3 Å². The van der Waals surface area contributed by atoms with Crippen molar-refractivity contribution in [3.63, 3.8) is 0 Å². The van der Waals surface area contributed by atoms with Crippen molar-refractivity contribution in [3.05, 3.63) is 26.9 Å². The minimum atomic E-state index is 0.0425. The first-order valence-electron chi connectivity index (χ1n) is 7.77. The highest BCUT2D eigenvalue weighted by Crippen LogP contribution is 2.35. The van der Waals surface area contributed by atoms with E-state index in [9.17, 15) is 4.79 Å². The Morgan fingerprint density at radius 3 is 3.14 bits per heavy atom. The van der Waals surface area contributed by atoms with Crippen molar-refractivity contribution in [2.24, 2.45) is 0 Å². The quantitative estimate of drug-likeness (QED) is 0.919. The van der Waals surface area contributed by atoms with E-state index in [2.05, 4.69) is 21.7 Å². The van der Waals surface area contributed by atoms with E-state index in [-0.39, 0.29) is 11.9 Å². The van der Waals surface area contributed by atoms with Crippen LogP contribution in [-0.2, 0) is 17.8 Å². The lowest BCUT2D eigenvalue weighted by Gasteiger charge is -2.29. The average Bonchev–Trinajstić information content (AvgIpc) is 3.25. The molecule has 1 fully saturated rings. The van der Waals surface area contributed by atoms with Crippen molar-refractivity contribution >= 4 is 28.6 Å². The number of thiazole rings is 1. The Bertz CT molecular complexity index is 700. The molecule has 4 heterocycles. The van der Waals surface area contributed by atoms with Gasteiger partial charge in [-0.05, 0) is 44.4 Å². The van der Waals surface area contributed by atoms with E-state index in [0.29, 0.717) is 0 Å². The summed E-state index contributed by atoms with van der Waals surface area (Å²) >= 11 is 3.53. The minimum absolute atomic E-state index is 0.0425. The SMILES string of the molecule is Cc1nc(-c2cc3c(s2)CCN(C(=O)C2CCCN2)C3)cs1. The van der Waals surface area contributed by atoms with Crippen LogP contribution in [0.5, 0.6) is 0 Å². The molecule has 1 saturated heterocycles. The molecule has 1 unspecified atom stereocenters. The van der Waals surface area contributed by atoms with Gasteiger partial charge in [0.25, 0.3) is 0 Å². The molecule has 0 spiro atoms. The van der Waals surface area contributed by atoms with Crippen LogP contribution in [0.3, 0.4) is 0 Å². The summed E-state index contributed by atoms with van der Waals surface area (Å²) in [6, 6.07) is 2.27. The number of nitrogens with zero attached hydrogens (tertiary/aromatic N) is 2. The number of aryl methyl sites for hydroxylation is 1. The van der Waals surface area contributed by atoms with Crippen LogP contribution in [0.1, 0.15) is 28.3 Å². The first kappa shape index (κ1) is 14.4. The Morgan fingerprint density at radius 1 is 1.50 bits per heavy atom. The third-order valence-electron chi connectivity index (χ3n) is 4.41. The highest BCUT2D eigenvalue weighted by molar-refractivity contribution is 7.16. The van der Waals surface area contributed by atoms with Crippen LogP contribution in [-0.4, -0.2) is 34.9 Å². The van der Waals surface area contributed by atoms with Crippen LogP contribution >= 0.6 is 22.7 Å². The fourth-order valence-corrected chi connectivity index (χ4v) is 5.05. The molecule has 0 aliphatic carbocycles. The summed E-state index contributed by atoms with van der Waals surface area (Å²) < 4.78 is 0. The van der Waals surface area contributed by atoms with Crippen LogP contribution < -0.4 is 5.32 Å². The van der Waals surface area contributed by atoms with E-state index < -0.39 is 0 Å². The van der Waals surface area contributed by atoms with Gasteiger partial charge in [-0.3, -0.25) is 4.79 Å². The molecule has 22 heavy (non-hydrogen) atoms. The van der Waals surface area contributed by atoms with E-state index in [1.807, 2.05) is 23.2 Å². The second-order valence-electron chi connectivity index (χ2n) is 5.97. The van der Waals surface area contributed by atoms with Gasteiger partial charge < -0.3 is 10.2 Å². The molecule has 2 aromatic rings. The summed E-state index contributed by atoms with van der Waals surface area (Å²) in [6.45, 7) is 4.62. The molecule has 4 rings (SSSR count). The molecular weight excluding hydrogens is 314 g/mol. The number of carbonyl (C=O) groups is 1. The van der Waals surface area contributed by atoms with Gasteiger partial charge in [0.1, 0.15) is 0 Å². The molecule has 1 amide bonds. The van der Waals surface area contributed by atoms with Gasteiger partial charge >= 0.3 is 0 Å². The zero-order chi connectivity index (χ0) is 15.1. The highest BCUT2D eigenvalue weighted by atomic mass is 32.1. The summed E-state index contributed by atoms with van der Waals surface area (Å²) in [4.78, 5) is 21.8. The number of hydrogen-bond acceptors (Lipinski definition) is 5. The lowest BCUT2D eigenvalue weighted by atomic mass is 10.1. The smallest absolute Gasteiger partial charge is 0.240 e. The van der Waals surface area contributed by atoms with Gasteiger partial charge in [0.2, 0.25) is 5.91 Å². The van der Waals surface area contributed by atoms with Crippen molar-refractivity contribution in [2.75, 3.05) is 13.1 Å². The lowest BCUT2D eigenvalue weighted by Crippen LogP contribution is -2.45. The maximum Gasteiger partial charge on any atom is 0.240 e. The van der Waals surface area contributed by atoms with Crippen molar-refractivity contribution < 1.29 is 4.79 Å². The van der Waals surface area contributed by atoms with Crippen LogP contribution in [0, 0.1) is 6.92 Å². The van der Waals surface area contributed by atoms with Crippen LogP contribution in [0.2, 0.25) is 0 Å². The standard InChI is InChI=1S/C16H19N3OS2/c1-10-18-13(9-21-10)15-7-11-8-19(6-4-14(11)22-15)16(20)12-3-2-5-17-12/h7,9,12,17H,2-6,8H2,1H3. The van der Waals surface area contributed by atoms with Gasteiger partial charge in [-0.1, -0.05) is 0 Å². The fourth-order valence-electron chi connectivity index (χ4n) is 3.24. The second-order valence-corrected chi connectivity index (χ2v) is 8.17. The summed E-state index contributed by atoms with van der Waals surface area (Å²) in [5.41, 5.74) is 2.39. The largest absolute Gasteiger partial charge is 0.337 e. The Hall–Kier alpha value is -1.24. The predicted octanol–water partition coefficient (Wildman–Crippen LogP) is 2.82. The van der Waals surface area contributed by atoms with Gasteiger partial charge in [-0.15, -0.1) is 22.7 Å². The van der Waals surface area contributed by atoms with Crippen molar-refractivity contribution in [3.8, 4) is 10.6 Å². The van der Waals surface area contributed by atoms with E-state index in [1.165, 1.54) is 15.3 Å². The number of amides is 1. The molecule has 0 bridgehead atoms. The van der Waals surface area contributed by atoms with Crippen LogP contribution in [0.25, 0.3) is 10.6 Å². The predicted molar refractivity (Wildman–Crippen MR) is 90.3 cm³/mol. The molecule has 116 valence electrons. The minimum Gasteiger partial charge on any atom is -0.337 e. The molecule has 2 aromatic heterocycles. The summed E-state index contributed by atoms with van der Waals surface area (Å²) in [6.07, 6.45) is 3.07. The second kappa shape index (κ2) is 5.76. The summed E-state index contributed by atoms with van der Waals surface area (Å²) in [5.74, 6) is 0.278. The number of aromatic nitrogens is 1. The maximum atomic E-state index is 12.5. The number of thiophene rings is 1. The number of carbonyl (C=O) groups excluding carboxylic acids is 1. The summed E-state index contributed by atoms with van der Waals surface area (Å²) in [7, 11) is 0. The van der Waals surface area contributed by atoms with Crippen molar-refractivity contribution in [1.82, 2.24) is 15.2 Å². The molecule has 4 nitrogen and oxygen atoms in total. The highest BCUT2D eigenvalue weighted by Gasteiger charge is 2.30. The van der Waals surface area contributed by atoms with Gasteiger partial charge in [-0.25, -0.2) is 4.98 Å².